The summed E-state index contributed by atoms with van der Waals surface area (Å²) >= 11 is 0. The molecule has 2 rings (SSSR count). The highest BCUT2D eigenvalue weighted by atomic mass is 32.2. The summed E-state index contributed by atoms with van der Waals surface area (Å²) in [5, 5.41) is 5.00. The largest absolute Gasteiger partial charge is 0.375 e. The third kappa shape index (κ3) is 3.70. The van der Waals surface area contributed by atoms with Gasteiger partial charge in [0.05, 0.1) is 11.4 Å². The van der Waals surface area contributed by atoms with Gasteiger partial charge in [0.15, 0.2) is 0 Å². The highest BCUT2D eigenvalue weighted by molar-refractivity contribution is 7.89. The first-order valence-electron chi connectivity index (χ1n) is 6.45. The molecule has 0 saturated carbocycles. The van der Waals surface area contributed by atoms with E-state index in [2.05, 4.69) is 0 Å². The van der Waals surface area contributed by atoms with Crippen molar-refractivity contribution in [3.63, 3.8) is 0 Å². The Morgan fingerprint density at radius 3 is 2.62 bits per heavy atom. The molecular formula is C13H18FN3O3S. The van der Waals surface area contributed by atoms with Crippen molar-refractivity contribution in [2.45, 2.75) is 6.42 Å². The van der Waals surface area contributed by atoms with Crippen molar-refractivity contribution >= 4 is 27.3 Å². The third-order valence-electron chi connectivity index (χ3n) is 3.40. The van der Waals surface area contributed by atoms with E-state index >= 15 is 0 Å². The molecule has 0 radical (unpaired) electrons. The third-order valence-corrected chi connectivity index (χ3v) is 4.33. The molecule has 0 aromatic heterocycles. The fourth-order valence-corrected chi connectivity index (χ4v) is 3.38. The number of anilines is 2. The van der Waals surface area contributed by atoms with Crippen molar-refractivity contribution in [3.8, 4) is 0 Å². The maximum atomic E-state index is 14.0. The number of halogens is 1. The lowest BCUT2D eigenvalue weighted by Crippen LogP contribution is -2.27. The van der Waals surface area contributed by atoms with Gasteiger partial charge in [-0.3, -0.25) is 4.79 Å². The summed E-state index contributed by atoms with van der Waals surface area (Å²) in [7, 11) is -0.175. The maximum Gasteiger partial charge on any atom is 0.227 e. The van der Waals surface area contributed by atoms with Crippen LogP contribution in [0.4, 0.5) is 15.8 Å². The van der Waals surface area contributed by atoms with Gasteiger partial charge in [-0.15, -0.1) is 0 Å². The summed E-state index contributed by atoms with van der Waals surface area (Å²) in [4.78, 5) is 15.0. The van der Waals surface area contributed by atoms with Gasteiger partial charge in [-0.1, -0.05) is 0 Å². The van der Waals surface area contributed by atoms with E-state index in [-0.39, 0.29) is 30.5 Å². The van der Waals surface area contributed by atoms with Crippen molar-refractivity contribution in [3.05, 3.63) is 24.0 Å². The summed E-state index contributed by atoms with van der Waals surface area (Å²) in [5.74, 6) is -1.25. The van der Waals surface area contributed by atoms with E-state index in [1.165, 1.54) is 11.0 Å². The van der Waals surface area contributed by atoms with E-state index in [9.17, 15) is 17.6 Å². The summed E-state index contributed by atoms with van der Waals surface area (Å²) in [5.41, 5.74) is 0.853. The van der Waals surface area contributed by atoms with E-state index in [0.29, 0.717) is 11.4 Å². The number of amides is 1. The van der Waals surface area contributed by atoms with Crippen LogP contribution in [0.25, 0.3) is 0 Å². The van der Waals surface area contributed by atoms with Crippen LogP contribution in [-0.4, -0.2) is 40.7 Å². The van der Waals surface area contributed by atoms with Gasteiger partial charge in [-0.25, -0.2) is 17.9 Å². The minimum atomic E-state index is -3.62. The molecule has 1 saturated heterocycles. The Bertz CT molecular complexity index is 661. The van der Waals surface area contributed by atoms with Crippen molar-refractivity contribution < 1.29 is 17.6 Å². The molecule has 1 fully saturated rings. The lowest BCUT2D eigenvalue weighted by atomic mass is 10.1. The molecule has 1 heterocycles. The average molecular weight is 315 g/mol. The molecule has 0 spiro atoms. The first-order valence-corrected chi connectivity index (χ1v) is 8.16. The maximum absolute atomic E-state index is 14.0. The molecule has 1 unspecified atom stereocenters. The Morgan fingerprint density at radius 2 is 2.10 bits per heavy atom. The molecule has 0 aliphatic carbocycles. The number of hydrogen-bond donors (Lipinski definition) is 1. The quantitative estimate of drug-likeness (QED) is 0.878. The van der Waals surface area contributed by atoms with Gasteiger partial charge in [0.25, 0.3) is 0 Å². The smallest absolute Gasteiger partial charge is 0.227 e. The number of rotatable bonds is 4. The molecule has 116 valence electrons. The van der Waals surface area contributed by atoms with Gasteiger partial charge in [0.2, 0.25) is 15.9 Å². The second kappa shape index (κ2) is 5.61. The van der Waals surface area contributed by atoms with E-state index in [1.807, 2.05) is 0 Å². The second-order valence-corrected chi connectivity index (χ2v) is 7.09. The average Bonchev–Trinajstić information content (AvgIpc) is 2.66. The lowest BCUT2D eigenvalue weighted by Gasteiger charge is -2.19. The zero-order valence-electron chi connectivity index (χ0n) is 11.9. The Kier molecular flexibility index (Phi) is 4.20. The number of nitrogens with zero attached hydrogens (tertiary/aromatic N) is 2. The molecule has 21 heavy (non-hydrogen) atoms. The summed E-state index contributed by atoms with van der Waals surface area (Å²) in [6.07, 6.45) is 0.105. The topological polar surface area (TPSA) is 83.7 Å². The molecular weight excluding hydrogens is 297 g/mol. The van der Waals surface area contributed by atoms with Gasteiger partial charge in [-0.05, 0) is 18.2 Å². The van der Waals surface area contributed by atoms with Crippen molar-refractivity contribution in [2.24, 2.45) is 11.1 Å². The highest BCUT2D eigenvalue weighted by Gasteiger charge is 2.33. The fraction of sp³-hybridized carbons (Fsp3) is 0.462. The van der Waals surface area contributed by atoms with Crippen LogP contribution in [0.1, 0.15) is 6.42 Å². The number of carbonyl (C=O) groups excluding carboxylic acids is 1. The molecule has 6 nitrogen and oxygen atoms in total. The lowest BCUT2D eigenvalue weighted by molar-refractivity contribution is -0.117. The van der Waals surface area contributed by atoms with Crippen LogP contribution < -0.4 is 14.9 Å². The normalized spacial score (nSPS) is 19.1. The first kappa shape index (κ1) is 15.7. The Morgan fingerprint density at radius 1 is 1.43 bits per heavy atom. The molecule has 8 heteroatoms. The Labute approximate surface area is 123 Å². The van der Waals surface area contributed by atoms with E-state index in [1.54, 1.807) is 31.1 Å². The summed E-state index contributed by atoms with van der Waals surface area (Å²) in [6, 6.07) is 4.52. The minimum Gasteiger partial charge on any atom is -0.375 e. The molecule has 1 aliphatic rings. The molecule has 1 atom stereocenters. The molecule has 0 bridgehead atoms. The Balaban J connectivity index is 2.19. The van der Waals surface area contributed by atoms with Crippen LogP contribution in [0.15, 0.2) is 18.2 Å². The highest BCUT2D eigenvalue weighted by Crippen LogP contribution is 2.29. The number of hydrogen-bond acceptors (Lipinski definition) is 4. The zero-order valence-corrected chi connectivity index (χ0v) is 12.7. The number of sulfonamides is 1. The number of carbonyl (C=O) groups is 1. The zero-order chi connectivity index (χ0) is 15.8. The predicted octanol–water partition coefficient (Wildman–Crippen LogP) is 0.533. The second-order valence-electron chi connectivity index (χ2n) is 5.43. The van der Waals surface area contributed by atoms with E-state index < -0.39 is 15.8 Å². The number of benzene rings is 1. The van der Waals surface area contributed by atoms with Gasteiger partial charge in [0, 0.05) is 38.7 Å². The molecule has 1 aromatic rings. The van der Waals surface area contributed by atoms with Gasteiger partial charge in [0.1, 0.15) is 5.82 Å². The van der Waals surface area contributed by atoms with Crippen LogP contribution in [-0.2, 0) is 14.8 Å². The van der Waals surface area contributed by atoms with Crippen LogP contribution >= 0.6 is 0 Å². The first-order chi connectivity index (χ1) is 9.67. The van der Waals surface area contributed by atoms with Crippen LogP contribution in [0.2, 0.25) is 0 Å². The van der Waals surface area contributed by atoms with Crippen LogP contribution in [0, 0.1) is 11.7 Å². The molecule has 1 aliphatic heterocycles. The summed E-state index contributed by atoms with van der Waals surface area (Å²) in [6.45, 7) is 0.232. The number of primary sulfonamides is 1. The molecule has 1 aromatic carbocycles. The van der Waals surface area contributed by atoms with Crippen LogP contribution in [0.5, 0.6) is 0 Å². The van der Waals surface area contributed by atoms with Crippen molar-refractivity contribution in [2.75, 3.05) is 36.2 Å². The van der Waals surface area contributed by atoms with Crippen molar-refractivity contribution in [1.82, 2.24) is 0 Å². The standard InChI is InChI=1S/C13H18FN3O3S/c1-16(2)12-4-3-10(6-11(12)14)17-7-9(5-13(17)18)8-21(15,19)20/h3-4,6,9H,5,7-8H2,1-2H3,(H2,15,19,20). The number of nitrogens with two attached hydrogens (primary N) is 1. The van der Waals surface area contributed by atoms with Crippen molar-refractivity contribution in [1.29, 1.82) is 0 Å². The van der Waals surface area contributed by atoms with Gasteiger partial charge in [-0.2, -0.15) is 0 Å². The predicted molar refractivity (Wildman–Crippen MR) is 79.2 cm³/mol. The van der Waals surface area contributed by atoms with E-state index in [4.69, 9.17) is 5.14 Å². The van der Waals surface area contributed by atoms with Gasteiger partial charge >= 0.3 is 0 Å². The summed E-state index contributed by atoms with van der Waals surface area (Å²) < 4.78 is 36.1. The molecule has 1 amide bonds. The van der Waals surface area contributed by atoms with Gasteiger partial charge < -0.3 is 9.80 Å². The fourth-order valence-electron chi connectivity index (χ4n) is 2.50. The van der Waals surface area contributed by atoms with E-state index in [0.717, 1.165) is 0 Å². The monoisotopic (exact) mass is 315 g/mol. The SMILES string of the molecule is CN(C)c1ccc(N2CC(CS(N)(=O)=O)CC2=O)cc1F. The minimum absolute atomic E-state index is 0.105. The van der Waals surface area contributed by atoms with Crippen LogP contribution in [0.3, 0.4) is 0 Å². The molecule has 2 N–H and O–H groups in total. The Hall–Kier alpha value is -1.67.